The zero-order valence-corrected chi connectivity index (χ0v) is 24.4. The van der Waals surface area contributed by atoms with Crippen LogP contribution in [0.4, 0.5) is 5.82 Å². The van der Waals surface area contributed by atoms with Gasteiger partial charge in [-0.1, -0.05) is 44.9 Å². The Hall–Kier alpha value is -3.57. The number of para-hydroxylation sites is 1. The minimum absolute atomic E-state index is 0.152. The summed E-state index contributed by atoms with van der Waals surface area (Å²) >= 11 is 0. The van der Waals surface area contributed by atoms with Crippen LogP contribution in [-0.4, -0.2) is 67.8 Å². The van der Waals surface area contributed by atoms with Gasteiger partial charge < -0.3 is 29.9 Å². The number of nitrogens with zero attached hydrogens (tertiary/aromatic N) is 4. The number of carbonyl (C=O) groups excluding carboxylic acids is 1. The second kappa shape index (κ2) is 13.2. The number of nitrogen functional groups attached to an aromatic ring is 1. The number of aliphatic hydroxyl groups is 2. The first-order valence-corrected chi connectivity index (χ1v) is 15.1. The van der Waals surface area contributed by atoms with E-state index >= 15 is 0 Å². The predicted molar refractivity (Wildman–Crippen MR) is 150 cm³/mol. The normalized spacial score (nSPS) is 24.3. The van der Waals surface area contributed by atoms with Gasteiger partial charge in [0.25, 0.3) is 0 Å². The van der Waals surface area contributed by atoms with Gasteiger partial charge in [-0.2, -0.15) is 15.4 Å². The molecule has 6 atom stereocenters. The fourth-order valence-corrected chi connectivity index (χ4v) is 6.03. The first-order chi connectivity index (χ1) is 20.1. The van der Waals surface area contributed by atoms with E-state index < -0.39 is 50.3 Å². The van der Waals surface area contributed by atoms with E-state index in [0.29, 0.717) is 11.2 Å². The number of nitrogens with two attached hydrogens (primary N) is 1. The fraction of sp³-hybridized carbons (Fsp3) is 0.481. The summed E-state index contributed by atoms with van der Waals surface area (Å²) < 4.78 is 37.9. The highest BCUT2D eigenvalue weighted by Crippen LogP contribution is 2.48. The van der Waals surface area contributed by atoms with Crippen molar-refractivity contribution in [2.24, 2.45) is 5.92 Å². The number of rotatable bonds is 13. The maximum Gasteiger partial charge on any atom is 0.459 e. The van der Waals surface area contributed by atoms with Crippen LogP contribution in [0.5, 0.6) is 5.75 Å². The van der Waals surface area contributed by atoms with Crippen LogP contribution in [-0.2, 0) is 23.4 Å². The number of benzene rings is 1. The van der Waals surface area contributed by atoms with Gasteiger partial charge in [0.2, 0.25) is 5.60 Å². The molecule has 14 nitrogen and oxygen atoms in total. The van der Waals surface area contributed by atoms with Crippen molar-refractivity contribution >= 4 is 25.1 Å². The maximum absolute atomic E-state index is 14.0. The summed E-state index contributed by atoms with van der Waals surface area (Å²) in [5.41, 5.74) is 4.44. The summed E-state index contributed by atoms with van der Waals surface area (Å²) in [4.78, 5) is 16.6. The van der Waals surface area contributed by atoms with E-state index in [1.807, 2.05) is 19.9 Å². The second-order valence-electron chi connectivity index (χ2n) is 10.0. The minimum Gasteiger partial charge on any atom is -0.464 e. The third kappa shape index (κ3) is 6.57. The Labute approximate surface area is 242 Å². The van der Waals surface area contributed by atoms with E-state index in [-0.39, 0.29) is 24.1 Å². The number of nitriles is 1. The molecule has 1 aliphatic rings. The molecule has 2 aromatic heterocycles. The highest BCUT2D eigenvalue weighted by Gasteiger charge is 2.57. The average Bonchev–Trinajstić information content (AvgIpc) is 3.52. The van der Waals surface area contributed by atoms with Gasteiger partial charge in [-0.3, -0.25) is 9.32 Å². The number of ether oxygens (including phenoxy) is 2. The number of fused-ring (bicyclic) bond motifs is 1. The summed E-state index contributed by atoms with van der Waals surface area (Å²) in [6.45, 7) is 4.82. The summed E-state index contributed by atoms with van der Waals surface area (Å²) in [6.07, 6.45) is -1.75. The van der Waals surface area contributed by atoms with Gasteiger partial charge in [0.1, 0.15) is 54.6 Å². The van der Waals surface area contributed by atoms with Crippen molar-refractivity contribution in [3.63, 3.8) is 0 Å². The second-order valence-corrected chi connectivity index (χ2v) is 11.7. The fourth-order valence-electron chi connectivity index (χ4n) is 4.51. The molecule has 1 aromatic carbocycles. The standard InChI is InChI=1S/C27H35N6O8P/c1-4-18(5-2)13-38-26(36)17(3)32-42(37,41-19-9-7-6-8-10-19)39-15-27(14-28)24(35)22(34)23(40-27)20-11-12-21-25(29)30-16-31-33(20)21/h6-12,16-18,22-24,34-35H,4-5,13,15H2,1-3H3,(H,32,37)(H2,29,30,31)/t17-,22-,23-,24-,27+,42-/m0/s1. The average molecular weight is 603 g/mol. The Kier molecular flexibility index (Phi) is 9.83. The maximum atomic E-state index is 14.0. The van der Waals surface area contributed by atoms with Gasteiger partial charge in [-0.25, -0.2) is 14.1 Å². The number of hydrogen-bond donors (Lipinski definition) is 4. The van der Waals surface area contributed by atoms with Crippen LogP contribution in [0, 0.1) is 17.2 Å². The zero-order chi connectivity index (χ0) is 30.5. The molecule has 0 aliphatic carbocycles. The first-order valence-electron chi connectivity index (χ1n) is 13.5. The van der Waals surface area contributed by atoms with Crippen LogP contribution >= 0.6 is 7.75 Å². The monoisotopic (exact) mass is 602 g/mol. The molecule has 3 aromatic rings. The minimum atomic E-state index is -4.41. The van der Waals surface area contributed by atoms with Crippen molar-refractivity contribution < 1.29 is 38.1 Å². The lowest BCUT2D eigenvalue weighted by atomic mass is 9.96. The zero-order valence-electron chi connectivity index (χ0n) is 23.5. The number of aliphatic hydroxyl groups excluding tert-OH is 2. The van der Waals surface area contributed by atoms with Crippen molar-refractivity contribution in [2.75, 3.05) is 18.9 Å². The summed E-state index contributed by atoms with van der Waals surface area (Å²) in [5, 5.41) is 38.6. The summed E-state index contributed by atoms with van der Waals surface area (Å²) in [5.74, 6) is -0.163. The third-order valence-corrected chi connectivity index (χ3v) is 8.80. The summed E-state index contributed by atoms with van der Waals surface area (Å²) in [7, 11) is -4.41. The Morgan fingerprint density at radius 1 is 1.26 bits per heavy atom. The number of aromatic nitrogens is 3. The number of esters is 1. The first kappa shape index (κ1) is 31.4. The Morgan fingerprint density at radius 3 is 2.64 bits per heavy atom. The van der Waals surface area contributed by atoms with Crippen molar-refractivity contribution in [1.29, 1.82) is 5.26 Å². The molecule has 3 heterocycles. The van der Waals surface area contributed by atoms with Gasteiger partial charge in [-0.05, 0) is 37.1 Å². The molecule has 0 saturated carbocycles. The smallest absolute Gasteiger partial charge is 0.459 e. The van der Waals surface area contributed by atoms with Gasteiger partial charge in [0.15, 0.2) is 5.82 Å². The highest BCUT2D eigenvalue weighted by atomic mass is 31.2. The lowest BCUT2D eigenvalue weighted by Crippen LogP contribution is -2.46. The van der Waals surface area contributed by atoms with Crippen molar-refractivity contribution in [3.8, 4) is 11.8 Å². The van der Waals surface area contributed by atoms with E-state index in [9.17, 15) is 24.8 Å². The topological polar surface area (TPSA) is 204 Å². The van der Waals surface area contributed by atoms with E-state index in [1.54, 1.807) is 30.3 Å². The van der Waals surface area contributed by atoms with E-state index in [2.05, 4.69) is 15.2 Å². The number of anilines is 1. The molecule has 5 N–H and O–H groups in total. The molecule has 1 aliphatic heterocycles. The van der Waals surface area contributed by atoms with Gasteiger partial charge >= 0.3 is 13.7 Å². The molecule has 15 heteroatoms. The Bertz CT molecular complexity index is 1460. The van der Waals surface area contributed by atoms with E-state index in [4.69, 9.17) is 24.3 Å². The molecular formula is C27H35N6O8P. The van der Waals surface area contributed by atoms with Crippen LogP contribution in [0.1, 0.15) is 45.4 Å². The van der Waals surface area contributed by atoms with Crippen molar-refractivity contribution in [3.05, 3.63) is 54.5 Å². The number of carbonyl (C=O) groups is 1. The molecular weight excluding hydrogens is 567 g/mol. The Morgan fingerprint density at radius 2 is 1.98 bits per heavy atom. The highest BCUT2D eigenvalue weighted by molar-refractivity contribution is 7.52. The van der Waals surface area contributed by atoms with Crippen LogP contribution in [0.25, 0.3) is 5.52 Å². The number of nitrogens with one attached hydrogen (secondary N) is 1. The van der Waals surface area contributed by atoms with Gasteiger partial charge in [0, 0.05) is 0 Å². The molecule has 0 unspecified atom stereocenters. The van der Waals surface area contributed by atoms with Crippen LogP contribution in [0.15, 0.2) is 48.8 Å². The SMILES string of the molecule is CCC(CC)COC(=O)[C@H](C)N[P@](=O)(OC[C@@]1(C#N)O[C@@H](c2ccc3c(N)ncnn23)[C@H](O)[C@@H]1O)Oc1ccccc1. The summed E-state index contributed by atoms with van der Waals surface area (Å²) in [6, 6.07) is 12.0. The molecule has 1 saturated heterocycles. The Balaban J connectivity index is 1.55. The molecule has 0 radical (unpaired) electrons. The lowest BCUT2D eigenvalue weighted by Gasteiger charge is -2.28. The quantitative estimate of drug-likeness (QED) is 0.164. The molecule has 42 heavy (non-hydrogen) atoms. The number of hydrogen-bond acceptors (Lipinski definition) is 12. The lowest BCUT2D eigenvalue weighted by molar-refractivity contribution is -0.146. The van der Waals surface area contributed by atoms with Gasteiger partial charge in [0.05, 0.1) is 12.3 Å². The molecule has 0 bridgehead atoms. The molecule has 4 rings (SSSR count). The van der Waals surface area contributed by atoms with Crippen molar-refractivity contribution in [2.45, 2.75) is 63.6 Å². The largest absolute Gasteiger partial charge is 0.464 e. The van der Waals surface area contributed by atoms with Crippen LogP contribution < -0.4 is 15.3 Å². The van der Waals surface area contributed by atoms with E-state index in [1.165, 1.54) is 29.9 Å². The molecule has 0 amide bonds. The van der Waals surface area contributed by atoms with Gasteiger partial charge in [-0.15, -0.1) is 0 Å². The molecule has 0 spiro atoms. The molecule has 226 valence electrons. The predicted octanol–water partition coefficient (Wildman–Crippen LogP) is 2.53. The molecule has 1 fully saturated rings. The van der Waals surface area contributed by atoms with Crippen molar-refractivity contribution in [1.82, 2.24) is 19.7 Å². The van der Waals surface area contributed by atoms with Crippen LogP contribution in [0.2, 0.25) is 0 Å². The third-order valence-electron chi connectivity index (χ3n) is 7.18. The van der Waals surface area contributed by atoms with Crippen LogP contribution in [0.3, 0.4) is 0 Å². The van der Waals surface area contributed by atoms with E-state index in [0.717, 1.165) is 12.8 Å².